The monoisotopic (exact) mass is 370 g/mol. The van der Waals surface area contributed by atoms with Crippen molar-refractivity contribution in [3.8, 4) is 33.4 Å². The highest BCUT2D eigenvalue weighted by atomic mass is 32.1. The molecule has 0 unspecified atom stereocenters. The molecule has 4 rings (SSSR count). The van der Waals surface area contributed by atoms with Gasteiger partial charge in [-0.25, -0.2) is 0 Å². The second-order valence-electron chi connectivity index (χ2n) is 6.17. The van der Waals surface area contributed by atoms with Gasteiger partial charge >= 0.3 is 0 Å². The molecule has 0 radical (unpaired) electrons. The Hall–Kier alpha value is -2.42. The summed E-state index contributed by atoms with van der Waals surface area (Å²) in [5.74, 6) is 0. The minimum atomic E-state index is 0.905. The molecule has 0 aliphatic carbocycles. The van der Waals surface area contributed by atoms with Crippen molar-refractivity contribution in [3.63, 3.8) is 0 Å². The second kappa shape index (κ2) is 7.45. The summed E-state index contributed by atoms with van der Waals surface area (Å²) in [5, 5.41) is 0. The highest BCUT2D eigenvalue weighted by molar-refractivity contribution is 7.83. The lowest BCUT2D eigenvalue weighted by Gasteiger charge is -2.13. The Morgan fingerprint density at radius 2 is 0.692 bits per heavy atom. The summed E-state index contributed by atoms with van der Waals surface area (Å²) in [6.07, 6.45) is 0. The van der Waals surface area contributed by atoms with Crippen LogP contribution in [0.1, 0.15) is 0 Å². The first kappa shape index (κ1) is 17.0. The van der Waals surface area contributed by atoms with E-state index in [0.29, 0.717) is 0 Å². The van der Waals surface area contributed by atoms with Gasteiger partial charge in [0.2, 0.25) is 0 Å². The second-order valence-corrected chi connectivity index (χ2v) is 7.06. The predicted octanol–water partition coefficient (Wildman–Crippen LogP) is 7.27. The number of rotatable bonds is 3. The molecular weight excluding hydrogens is 352 g/mol. The maximum atomic E-state index is 4.76. The van der Waals surface area contributed by atoms with Crippen LogP contribution in [-0.4, -0.2) is 0 Å². The Kier molecular flexibility index (Phi) is 4.87. The van der Waals surface area contributed by atoms with Gasteiger partial charge in [0.25, 0.3) is 0 Å². The molecule has 0 amide bonds. The Bertz CT molecular complexity index is 1020. The van der Waals surface area contributed by atoms with E-state index in [4.69, 9.17) is 25.3 Å². The summed E-state index contributed by atoms with van der Waals surface area (Å²) in [5.41, 5.74) is 6.92. The predicted molar refractivity (Wildman–Crippen MR) is 117 cm³/mol. The molecule has 0 atom stereocenters. The lowest BCUT2D eigenvalue weighted by atomic mass is 9.98. The smallest absolute Gasteiger partial charge is 0.0259 e. The third kappa shape index (κ3) is 3.31. The molecule has 0 N–H and O–H groups in total. The maximum absolute atomic E-state index is 4.76. The summed E-state index contributed by atoms with van der Waals surface area (Å²) in [6.45, 7) is 0. The van der Waals surface area contributed by atoms with Gasteiger partial charge in [-0.3, -0.25) is 0 Å². The largest absolute Gasteiger partial charge is 0.142 e. The van der Waals surface area contributed by atoms with E-state index < -0.39 is 0 Å². The number of benzene rings is 4. The van der Waals surface area contributed by atoms with Crippen LogP contribution in [-0.2, 0) is 0 Å². The van der Waals surface area contributed by atoms with Gasteiger partial charge in [0, 0.05) is 9.79 Å². The quantitative estimate of drug-likeness (QED) is 0.348. The van der Waals surface area contributed by atoms with Gasteiger partial charge in [0.1, 0.15) is 0 Å². The van der Waals surface area contributed by atoms with E-state index in [2.05, 4.69) is 72.8 Å². The van der Waals surface area contributed by atoms with E-state index in [0.717, 1.165) is 32.0 Å². The first-order valence-corrected chi connectivity index (χ1v) is 9.40. The molecule has 0 spiro atoms. The van der Waals surface area contributed by atoms with E-state index in [9.17, 15) is 0 Å². The fourth-order valence-electron chi connectivity index (χ4n) is 3.14. The molecule has 2 heteroatoms. The molecule has 0 saturated carbocycles. The van der Waals surface area contributed by atoms with E-state index in [1.54, 1.807) is 0 Å². The van der Waals surface area contributed by atoms with Gasteiger partial charge in [0.15, 0.2) is 0 Å². The summed E-state index contributed by atoms with van der Waals surface area (Å²) < 4.78 is 0. The fraction of sp³-hybridized carbons (Fsp3) is 0. The van der Waals surface area contributed by atoms with Crippen molar-refractivity contribution in [2.24, 2.45) is 0 Å². The summed E-state index contributed by atoms with van der Waals surface area (Å²) >= 11 is 9.51. The van der Waals surface area contributed by atoms with Gasteiger partial charge in [-0.05, 0) is 33.4 Å². The van der Waals surface area contributed by atoms with Gasteiger partial charge in [-0.2, -0.15) is 0 Å². The molecule has 0 aromatic heterocycles. The van der Waals surface area contributed by atoms with Crippen molar-refractivity contribution in [2.75, 3.05) is 0 Å². The van der Waals surface area contributed by atoms with Gasteiger partial charge in [-0.15, -0.1) is 25.3 Å². The summed E-state index contributed by atoms with van der Waals surface area (Å²) in [4.78, 5) is 1.81. The molecule has 126 valence electrons. The molecule has 0 bridgehead atoms. The van der Waals surface area contributed by atoms with Crippen molar-refractivity contribution in [1.29, 1.82) is 0 Å². The Morgan fingerprint density at radius 3 is 1.19 bits per heavy atom. The molecule has 4 aromatic rings. The Labute approximate surface area is 165 Å². The third-order valence-electron chi connectivity index (χ3n) is 4.54. The lowest BCUT2D eigenvalue weighted by Crippen LogP contribution is -1.87. The van der Waals surface area contributed by atoms with Crippen LogP contribution >= 0.6 is 25.3 Å². The molecule has 4 aromatic carbocycles. The summed E-state index contributed by atoms with van der Waals surface area (Å²) in [7, 11) is 0. The highest BCUT2D eigenvalue weighted by Crippen LogP contribution is 2.38. The average molecular weight is 371 g/mol. The zero-order valence-corrected chi connectivity index (χ0v) is 15.9. The van der Waals surface area contributed by atoms with Gasteiger partial charge in [0.05, 0.1) is 0 Å². The van der Waals surface area contributed by atoms with E-state index in [-0.39, 0.29) is 0 Å². The number of hydrogen-bond donors (Lipinski definition) is 2. The molecule has 0 aliphatic rings. The molecule has 0 heterocycles. The standard InChI is InChI=1S/C24H18S2/c25-23-21(19-9-5-2-6-10-19)15-16-22(24(23)26)20-13-11-18(12-14-20)17-7-3-1-4-8-17/h1-16,25-26H. The van der Waals surface area contributed by atoms with Crippen LogP contribution in [0.4, 0.5) is 0 Å². The molecule has 0 aliphatic heterocycles. The lowest BCUT2D eigenvalue weighted by molar-refractivity contribution is 1.27. The number of thiol groups is 2. The van der Waals surface area contributed by atoms with Crippen LogP contribution in [0.15, 0.2) is 107 Å². The van der Waals surface area contributed by atoms with Gasteiger partial charge in [-0.1, -0.05) is 97.1 Å². The topological polar surface area (TPSA) is 0 Å². The van der Waals surface area contributed by atoms with Crippen LogP contribution < -0.4 is 0 Å². The van der Waals surface area contributed by atoms with Crippen LogP contribution in [0.5, 0.6) is 0 Å². The van der Waals surface area contributed by atoms with E-state index in [1.807, 2.05) is 24.3 Å². The molecule has 0 nitrogen and oxygen atoms in total. The van der Waals surface area contributed by atoms with Crippen LogP contribution in [0.2, 0.25) is 0 Å². The third-order valence-corrected chi connectivity index (χ3v) is 5.64. The van der Waals surface area contributed by atoms with Crippen molar-refractivity contribution in [3.05, 3.63) is 97.1 Å². The van der Waals surface area contributed by atoms with Gasteiger partial charge < -0.3 is 0 Å². The molecule has 0 fully saturated rings. The van der Waals surface area contributed by atoms with E-state index in [1.165, 1.54) is 11.1 Å². The molecule has 26 heavy (non-hydrogen) atoms. The van der Waals surface area contributed by atoms with Crippen molar-refractivity contribution in [1.82, 2.24) is 0 Å². The minimum absolute atomic E-state index is 0.905. The van der Waals surface area contributed by atoms with Crippen molar-refractivity contribution >= 4 is 25.3 Å². The Balaban J connectivity index is 1.71. The first-order chi connectivity index (χ1) is 12.7. The van der Waals surface area contributed by atoms with Crippen LogP contribution in [0, 0.1) is 0 Å². The maximum Gasteiger partial charge on any atom is 0.0259 e. The minimum Gasteiger partial charge on any atom is -0.142 e. The zero-order chi connectivity index (χ0) is 17.9. The first-order valence-electron chi connectivity index (χ1n) is 8.50. The zero-order valence-electron chi connectivity index (χ0n) is 14.1. The van der Waals surface area contributed by atoms with Crippen molar-refractivity contribution < 1.29 is 0 Å². The highest BCUT2D eigenvalue weighted by Gasteiger charge is 2.11. The number of hydrogen-bond acceptors (Lipinski definition) is 2. The fourth-order valence-corrected chi connectivity index (χ4v) is 3.78. The normalized spacial score (nSPS) is 10.7. The average Bonchev–Trinajstić information content (AvgIpc) is 2.71. The summed E-state index contributed by atoms with van der Waals surface area (Å²) in [6, 6.07) is 33.5. The molecule has 0 saturated heterocycles. The van der Waals surface area contributed by atoms with E-state index >= 15 is 0 Å². The SMILES string of the molecule is Sc1c(-c2ccccc2)ccc(-c2ccc(-c3ccccc3)cc2)c1S. The van der Waals surface area contributed by atoms with Crippen LogP contribution in [0.25, 0.3) is 33.4 Å². The molecular formula is C24H18S2. The van der Waals surface area contributed by atoms with Crippen LogP contribution in [0.3, 0.4) is 0 Å². The Morgan fingerprint density at radius 1 is 0.346 bits per heavy atom. The van der Waals surface area contributed by atoms with Crippen molar-refractivity contribution in [2.45, 2.75) is 9.79 Å².